The number of nitrogens with zero attached hydrogens (tertiary/aromatic N) is 2. The Morgan fingerprint density at radius 2 is 1.78 bits per heavy atom. The SMILES string of the molecule is CNc1ncc(Nc2nc(N[C@@H](CC(C)C)[C@H](C)NC(=O)O)c(F)cc2C(N)=O)cc1F. The van der Waals surface area contributed by atoms with Gasteiger partial charge in [0, 0.05) is 25.2 Å². The van der Waals surface area contributed by atoms with Gasteiger partial charge in [0.25, 0.3) is 5.91 Å². The minimum absolute atomic E-state index is 0.0246. The first kappa shape index (κ1) is 24.6. The number of carboxylic acid groups (broad SMARTS) is 1. The summed E-state index contributed by atoms with van der Waals surface area (Å²) in [5, 5.41) is 19.6. The molecule has 7 N–H and O–H groups in total. The third-order valence-electron chi connectivity index (χ3n) is 4.58. The minimum atomic E-state index is -1.22. The van der Waals surface area contributed by atoms with E-state index in [1.807, 2.05) is 13.8 Å². The molecule has 2 aromatic heterocycles. The van der Waals surface area contributed by atoms with E-state index in [0.29, 0.717) is 6.42 Å². The molecule has 0 bridgehead atoms. The summed E-state index contributed by atoms with van der Waals surface area (Å²) in [7, 11) is 1.51. The fourth-order valence-corrected chi connectivity index (χ4v) is 3.07. The number of halogens is 2. The number of nitrogens with one attached hydrogen (secondary N) is 4. The molecule has 32 heavy (non-hydrogen) atoms. The van der Waals surface area contributed by atoms with Gasteiger partial charge in [-0.1, -0.05) is 13.8 Å². The van der Waals surface area contributed by atoms with Gasteiger partial charge in [0.05, 0.1) is 17.4 Å². The first-order valence-electron chi connectivity index (χ1n) is 9.88. The largest absolute Gasteiger partial charge is 0.465 e. The zero-order valence-corrected chi connectivity index (χ0v) is 18.2. The number of pyridine rings is 2. The van der Waals surface area contributed by atoms with Crippen LogP contribution < -0.4 is 27.0 Å². The molecule has 0 fully saturated rings. The van der Waals surface area contributed by atoms with E-state index in [4.69, 9.17) is 10.8 Å². The normalized spacial score (nSPS) is 12.7. The Morgan fingerprint density at radius 1 is 1.12 bits per heavy atom. The van der Waals surface area contributed by atoms with E-state index in [9.17, 15) is 18.4 Å². The number of anilines is 4. The average Bonchev–Trinajstić information content (AvgIpc) is 2.68. The Hall–Kier alpha value is -3.70. The number of aromatic nitrogens is 2. The van der Waals surface area contributed by atoms with Crippen LogP contribution in [-0.4, -0.2) is 46.2 Å². The lowest BCUT2D eigenvalue weighted by Gasteiger charge is -2.27. The fourth-order valence-electron chi connectivity index (χ4n) is 3.07. The fraction of sp³-hybridized carbons (Fsp3) is 0.400. The summed E-state index contributed by atoms with van der Waals surface area (Å²) in [6, 6.07) is 0.959. The summed E-state index contributed by atoms with van der Waals surface area (Å²) in [4.78, 5) is 30.9. The van der Waals surface area contributed by atoms with E-state index in [0.717, 1.165) is 12.1 Å². The van der Waals surface area contributed by atoms with Crippen LogP contribution in [-0.2, 0) is 0 Å². The number of rotatable bonds is 10. The number of nitrogens with two attached hydrogens (primary N) is 1. The summed E-state index contributed by atoms with van der Waals surface area (Å²) in [6.45, 7) is 5.51. The van der Waals surface area contributed by atoms with Gasteiger partial charge in [0.2, 0.25) is 0 Å². The van der Waals surface area contributed by atoms with Crippen LogP contribution in [0.2, 0.25) is 0 Å². The number of hydrogen-bond donors (Lipinski definition) is 6. The van der Waals surface area contributed by atoms with Crippen molar-refractivity contribution in [2.45, 2.75) is 39.3 Å². The van der Waals surface area contributed by atoms with Crippen molar-refractivity contribution in [2.24, 2.45) is 11.7 Å². The van der Waals surface area contributed by atoms with Crippen LogP contribution in [0.3, 0.4) is 0 Å². The van der Waals surface area contributed by atoms with E-state index < -0.39 is 35.7 Å². The summed E-state index contributed by atoms with van der Waals surface area (Å²) in [5.41, 5.74) is 5.27. The molecular formula is C20H27F2N7O3. The van der Waals surface area contributed by atoms with Crippen molar-refractivity contribution in [2.75, 3.05) is 23.0 Å². The molecule has 12 heteroatoms. The second-order valence-electron chi connectivity index (χ2n) is 7.63. The first-order chi connectivity index (χ1) is 15.0. The van der Waals surface area contributed by atoms with E-state index in [2.05, 4.69) is 31.2 Å². The predicted molar refractivity (Wildman–Crippen MR) is 117 cm³/mol. The summed E-state index contributed by atoms with van der Waals surface area (Å²) >= 11 is 0. The maximum absolute atomic E-state index is 14.7. The van der Waals surface area contributed by atoms with E-state index in [1.54, 1.807) is 6.92 Å². The highest BCUT2D eigenvalue weighted by Crippen LogP contribution is 2.26. The number of carbonyl (C=O) groups is 2. The predicted octanol–water partition coefficient (Wildman–Crippen LogP) is 3.12. The van der Waals surface area contributed by atoms with Crippen LogP contribution in [0.15, 0.2) is 18.3 Å². The second kappa shape index (κ2) is 10.6. The van der Waals surface area contributed by atoms with Crippen LogP contribution in [0.25, 0.3) is 0 Å². The molecule has 0 aliphatic rings. The molecule has 174 valence electrons. The Labute approximate surface area is 184 Å². The summed E-state index contributed by atoms with van der Waals surface area (Å²) in [6.07, 6.45) is 0.592. The lowest BCUT2D eigenvalue weighted by molar-refractivity contribution is 0.100. The summed E-state index contributed by atoms with van der Waals surface area (Å²) < 4.78 is 28.8. The first-order valence-corrected chi connectivity index (χ1v) is 9.88. The van der Waals surface area contributed by atoms with Gasteiger partial charge < -0.3 is 32.1 Å². The maximum Gasteiger partial charge on any atom is 0.404 e. The smallest absolute Gasteiger partial charge is 0.404 e. The molecule has 2 rings (SSSR count). The molecular weight excluding hydrogens is 424 g/mol. The molecule has 0 aromatic carbocycles. The molecule has 2 aromatic rings. The Morgan fingerprint density at radius 3 is 2.31 bits per heavy atom. The monoisotopic (exact) mass is 451 g/mol. The van der Waals surface area contributed by atoms with Crippen molar-refractivity contribution < 1.29 is 23.5 Å². The molecule has 0 spiro atoms. The van der Waals surface area contributed by atoms with Gasteiger partial charge >= 0.3 is 6.09 Å². The average molecular weight is 451 g/mol. The Bertz CT molecular complexity index is 988. The van der Waals surface area contributed by atoms with Crippen molar-refractivity contribution in [3.8, 4) is 0 Å². The van der Waals surface area contributed by atoms with Crippen LogP contribution in [0.5, 0.6) is 0 Å². The van der Waals surface area contributed by atoms with E-state index in [-0.39, 0.29) is 34.6 Å². The standard InChI is InChI=1S/C20H27F2N7O3/c1-9(2)5-15(10(3)26-20(31)32)28-19-14(22)7-12(16(23)30)17(29-19)27-11-6-13(21)18(24-4)25-8-11/h6-10,15,26H,5H2,1-4H3,(H2,23,30)(H,24,25)(H,31,32)(H2,27,28,29)/t10-,15-/m0/s1. The molecule has 2 heterocycles. The molecule has 0 radical (unpaired) electrons. The molecule has 0 saturated carbocycles. The second-order valence-corrected chi connectivity index (χ2v) is 7.63. The zero-order valence-electron chi connectivity index (χ0n) is 18.2. The van der Waals surface area contributed by atoms with Gasteiger partial charge in [0.15, 0.2) is 23.3 Å². The molecule has 0 saturated heterocycles. The Balaban J connectivity index is 2.42. The quantitative estimate of drug-likeness (QED) is 0.322. The highest BCUT2D eigenvalue weighted by molar-refractivity contribution is 5.98. The molecule has 10 nitrogen and oxygen atoms in total. The lowest BCUT2D eigenvalue weighted by atomic mass is 9.98. The zero-order chi connectivity index (χ0) is 24.0. The number of carbonyl (C=O) groups excluding carboxylic acids is 1. The molecule has 0 aliphatic carbocycles. The van der Waals surface area contributed by atoms with E-state index in [1.165, 1.54) is 13.2 Å². The van der Waals surface area contributed by atoms with Crippen LogP contribution in [0.4, 0.5) is 36.7 Å². The summed E-state index contributed by atoms with van der Waals surface area (Å²) in [5.74, 6) is -2.58. The van der Waals surface area contributed by atoms with Gasteiger partial charge in [-0.2, -0.15) is 0 Å². The molecule has 0 aliphatic heterocycles. The third kappa shape index (κ3) is 6.40. The van der Waals surface area contributed by atoms with Crippen molar-refractivity contribution in [1.82, 2.24) is 15.3 Å². The van der Waals surface area contributed by atoms with Gasteiger partial charge in [-0.25, -0.2) is 23.5 Å². The van der Waals surface area contributed by atoms with Crippen LogP contribution in [0, 0.1) is 17.6 Å². The lowest BCUT2D eigenvalue weighted by Crippen LogP contribution is -2.45. The van der Waals surface area contributed by atoms with Crippen molar-refractivity contribution >= 4 is 35.1 Å². The molecule has 2 amide bonds. The highest BCUT2D eigenvalue weighted by atomic mass is 19.1. The van der Waals surface area contributed by atoms with Crippen molar-refractivity contribution in [3.63, 3.8) is 0 Å². The van der Waals surface area contributed by atoms with Crippen LogP contribution in [0.1, 0.15) is 37.6 Å². The molecule has 0 unspecified atom stereocenters. The van der Waals surface area contributed by atoms with Gasteiger partial charge in [-0.3, -0.25) is 4.79 Å². The third-order valence-corrected chi connectivity index (χ3v) is 4.58. The van der Waals surface area contributed by atoms with Gasteiger partial charge in [-0.05, 0) is 25.3 Å². The topological polar surface area (TPSA) is 154 Å². The van der Waals surface area contributed by atoms with Crippen molar-refractivity contribution in [1.29, 1.82) is 0 Å². The maximum atomic E-state index is 14.7. The van der Waals surface area contributed by atoms with Crippen molar-refractivity contribution in [3.05, 3.63) is 35.5 Å². The van der Waals surface area contributed by atoms with Gasteiger partial charge in [-0.15, -0.1) is 0 Å². The number of primary amides is 1. The number of amides is 2. The van der Waals surface area contributed by atoms with Gasteiger partial charge in [0.1, 0.15) is 5.82 Å². The molecule has 2 atom stereocenters. The highest BCUT2D eigenvalue weighted by Gasteiger charge is 2.24. The minimum Gasteiger partial charge on any atom is -0.465 e. The Kier molecular flexibility index (Phi) is 8.10. The van der Waals surface area contributed by atoms with Crippen LogP contribution >= 0.6 is 0 Å². The van der Waals surface area contributed by atoms with E-state index >= 15 is 0 Å². The number of hydrogen-bond acceptors (Lipinski definition) is 7.